The van der Waals surface area contributed by atoms with Crippen molar-refractivity contribution in [3.63, 3.8) is 0 Å². The highest BCUT2D eigenvalue weighted by Gasteiger charge is 2.33. The quantitative estimate of drug-likeness (QED) is 0.790. The summed E-state index contributed by atoms with van der Waals surface area (Å²) in [4.78, 5) is 15.0. The molecule has 1 amide bonds. The van der Waals surface area contributed by atoms with Gasteiger partial charge in [0.15, 0.2) is 0 Å². The Labute approximate surface area is 157 Å². The van der Waals surface area contributed by atoms with Crippen LogP contribution in [0, 0.1) is 0 Å². The summed E-state index contributed by atoms with van der Waals surface area (Å²) in [5, 5.41) is 2.87. The second-order valence-corrected chi connectivity index (χ2v) is 7.39. The predicted molar refractivity (Wildman–Crippen MR) is 104 cm³/mol. The monoisotopic (exact) mass is 360 g/mol. The molecule has 1 heterocycles. The van der Waals surface area contributed by atoms with Crippen molar-refractivity contribution in [2.75, 3.05) is 25.0 Å². The van der Waals surface area contributed by atoms with Crippen molar-refractivity contribution >= 4 is 11.8 Å². The number of ether oxygens (including phenoxy) is 2. The third kappa shape index (κ3) is 5.37. The lowest BCUT2D eigenvalue weighted by Crippen LogP contribution is -2.49. The van der Waals surface area contributed by atoms with Gasteiger partial charge >= 0.3 is 6.09 Å². The maximum Gasteiger partial charge on any atom is 0.411 e. The summed E-state index contributed by atoms with van der Waals surface area (Å²) in [6.07, 6.45) is 8.94. The van der Waals surface area contributed by atoms with Gasteiger partial charge in [-0.1, -0.05) is 25.8 Å². The van der Waals surface area contributed by atoms with Gasteiger partial charge in [0, 0.05) is 17.8 Å². The highest BCUT2D eigenvalue weighted by molar-refractivity contribution is 5.85. The van der Waals surface area contributed by atoms with E-state index in [1.165, 1.54) is 25.7 Å². The Morgan fingerprint density at radius 1 is 1.15 bits per heavy atom. The van der Waals surface area contributed by atoms with Crippen molar-refractivity contribution in [1.82, 2.24) is 4.90 Å². The van der Waals surface area contributed by atoms with Crippen LogP contribution in [-0.4, -0.2) is 42.8 Å². The Balaban J connectivity index is 1.55. The van der Waals surface area contributed by atoms with Crippen LogP contribution in [0.2, 0.25) is 0 Å². The second kappa shape index (κ2) is 9.81. The van der Waals surface area contributed by atoms with Crippen LogP contribution in [0.25, 0.3) is 0 Å². The first-order valence-corrected chi connectivity index (χ1v) is 10.2. The first kappa shape index (κ1) is 19.0. The zero-order valence-electron chi connectivity index (χ0n) is 15.9. The molecular formula is C21H32N2O3. The van der Waals surface area contributed by atoms with Crippen molar-refractivity contribution in [2.45, 2.75) is 70.4 Å². The van der Waals surface area contributed by atoms with Crippen LogP contribution < -0.4 is 10.1 Å². The smallest absolute Gasteiger partial charge is 0.411 e. The van der Waals surface area contributed by atoms with E-state index in [1.54, 1.807) is 0 Å². The molecule has 2 atom stereocenters. The number of carbonyl (C=O) groups excluding carboxylic acids is 1. The van der Waals surface area contributed by atoms with Crippen molar-refractivity contribution in [2.24, 2.45) is 0 Å². The van der Waals surface area contributed by atoms with Gasteiger partial charge in [-0.2, -0.15) is 0 Å². The minimum absolute atomic E-state index is 0.00127. The molecule has 0 radical (unpaired) electrons. The van der Waals surface area contributed by atoms with Crippen molar-refractivity contribution in [1.29, 1.82) is 0 Å². The number of hydrogen-bond donors (Lipinski definition) is 1. The Morgan fingerprint density at radius 2 is 1.96 bits per heavy atom. The number of nitrogens with zero attached hydrogens (tertiary/aromatic N) is 1. The molecule has 1 saturated heterocycles. The van der Waals surface area contributed by atoms with Gasteiger partial charge in [0.25, 0.3) is 0 Å². The largest absolute Gasteiger partial charge is 0.494 e. The Bertz CT molecular complexity index is 572. The molecule has 0 bridgehead atoms. The molecule has 3 rings (SSSR count). The first-order chi connectivity index (χ1) is 12.8. The molecule has 1 N–H and O–H groups in total. The van der Waals surface area contributed by atoms with E-state index in [0.29, 0.717) is 18.3 Å². The second-order valence-electron chi connectivity index (χ2n) is 7.39. The summed E-state index contributed by atoms with van der Waals surface area (Å²) in [6, 6.07) is 7.88. The standard InChI is InChI=1S/C21H32N2O3/c1-2-15-25-18-10-8-9-17(16-18)22-21(24)26-20-12-5-4-11-19(20)23-13-6-3-7-14-23/h8-10,16,19-20H,2-7,11-15H2,1H3,(H,22,24)/t19?,20-/m1/s1. The molecular weight excluding hydrogens is 328 g/mol. The molecule has 1 saturated carbocycles. The molecule has 1 aromatic rings. The molecule has 0 spiro atoms. The minimum Gasteiger partial charge on any atom is -0.494 e. The van der Waals surface area contributed by atoms with Crippen LogP contribution in [0.1, 0.15) is 58.3 Å². The van der Waals surface area contributed by atoms with Crippen LogP contribution in [0.15, 0.2) is 24.3 Å². The normalized spacial score (nSPS) is 24.0. The number of benzene rings is 1. The number of rotatable bonds is 6. The maximum absolute atomic E-state index is 12.4. The van der Waals surface area contributed by atoms with Gasteiger partial charge in [0.2, 0.25) is 0 Å². The number of carbonyl (C=O) groups is 1. The van der Waals surface area contributed by atoms with Gasteiger partial charge < -0.3 is 9.47 Å². The number of anilines is 1. The fourth-order valence-corrected chi connectivity index (χ4v) is 4.05. The van der Waals surface area contributed by atoms with Crippen LogP contribution in [-0.2, 0) is 4.74 Å². The number of nitrogens with one attached hydrogen (secondary N) is 1. The number of piperidine rings is 1. The summed E-state index contributed by atoms with van der Waals surface area (Å²) >= 11 is 0. The van der Waals surface area contributed by atoms with Crippen molar-refractivity contribution in [3.8, 4) is 5.75 Å². The Hall–Kier alpha value is -1.75. The van der Waals surface area contributed by atoms with Gasteiger partial charge in [-0.25, -0.2) is 4.79 Å². The summed E-state index contributed by atoms with van der Waals surface area (Å²) in [7, 11) is 0. The molecule has 1 aliphatic heterocycles. The highest BCUT2D eigenvalue weighted by Crippen LogP contribution is 2.28. The first-order valence-electron chi connectivity index (χ1n) is 10.2. The summed E-state index contributed by atoms with van der Waals surface area (Å²) in [5.74, 6) is 0.772. The van der Waals surface area contributed by atoms with Crippen LogP contribution >= 0.6 is 0 Å². The average Bonchev–Trinajstić information content (AvgIpc) is 2.68. The highest BCUT2D eigenvalue weighted by atomic mass is 16.6. The van der Waals surface area contributed by atoms with Crippen LogP contribution in [0.5, 0.6) is 5.75 Å². The lowest BCUT2D eigenvalue weighted by molar-refractivity contribution is 0.00174. The van der Waals surface area contributed by atoms with E-state index < -0.39 is 0 Å². The molecule has 26 heavy (non-hydrogen) atoms. The third-order valence-electron chi connectivity index (χ3n) is 5.34. The van der Waals surface area contributed by atoms with Crippen molar-refractivity contribution < 1.29 is 14.3 Å². The summed E-state index contributed by atoms with van der Waals surface area (Å²) < 4.78 is 11.5. The van der Waals surface area contributed by atoms with E-state index in [2.05, 4.69) is 17.1 Å². The zero-order valence-corrected chi connectivity index (χ0v) is 15.9. The minimum atomic E-state index is -0.355. The molecule has 2 aliphatic rings. The number of likely N-dealkylation sites (tertiary alicyclic amines) is 1. The topological polar surface area (TPSA) is 50.8 Å². The molecule has 2 fully saturated rings. The van der Waals surface area contributed by atoms with Gasteiger partial charge in [-0.05, 0) is 63.7 Å². The van der Waals surface area contributed by atoms with E-state index in [0.717, 1.165) is 44.5 Å². The average molecular weight is 360 g/mol. The van der Waals surface area contributed by atoms with Gasteiger partial charge in [0.1, 0.15) is 11.9 Å². The SMILES string of the molecule is CCCOc1cccc(NC(=O)O[C@@H]2CCCCC2N2CCCCC2)c1. The number of amides is 1. The lowest BCUT2D eigenvalue weighted by Gasteiger charge is -2.41. The fourth-order valence-electron chi connectivity index (χ4n) is 4.05. The Morgan fingerprint density at radius 3 is 2.77 bits per heavy atom. The molecule has 144 valence electrons. The van der Waals surface area contributed by atoms with Crippen molar-refractivity contribution in [3.05, 3.63) is 24.3 Å². The summed E-state index contributed by atoms with van der Waals surface area (Å²) in [5.41, 5.74) is 0.717. The van der Waals surface area contributed by atoms with Crippen LogP contribution in [0.3, 0.4) is 0 Å². The fraction of sp³-hybridized carbons (Fsp3) is 0.667. The number of hydrogen-bond acceptors (Lipinski definition) is 4. The van der Waals surface area contributed by atoms with E-state index in [4.69, 9.17) is 9.47 Å². The van der Waals surface area contributed by atoms with Crippen LogP contribution in [0.4, 0.5) is 10.5 Å². The molecule has 1 aliphatic carbocycles. The molecule has 1 unspecified atom stereocenters. The van der Waals surface area contributed by atoms with Gasteiger partial charge in [-0.3, -0.25) is 10.2 Å². The van der Waals surface area contributed by atoms with E-state index >= 15 is 0 Å². The molecule has 0 aromatic heterocycles. The zero-order chi connectivity index (χ0) is 18.2. The Kier molecular flexibility index (Phi) is 7.18. The maximum atomic E-state index is 12.4. The molecule has 1 aromatic carbocycles. The van der Waals surface area contributed by atoms with E-state index in [-0.39, 0.29) is 12.2 Å². The molecule has 5 nitrogen and oxygen atoms in total. The lowest BCUT2D eigenvalue weighted by atomic mass is 9.90. The predicted octanol–water partition coefficient (Wildman–Crippen LogP) is 4.82. The van der Waals surface area contributed by atoms with Gasteiger partial charge in [-0.15, -0.1) is 0 Å². The summed E-state index contributed by atoms with van der Waals surface area (Å²) in [6.45, 7) is 5.03. The van der Waals surface area contributed by atoms with E-state index in [1.807, 2.05) is 24.3 Å². The van der Waals surface area contributed by atoms with E-state index in [9.17, 15) is 4.79 Å². The van der Waals surface area contributed by atoms with Gasteiger partial charge in [0.05, 0.1) is 6.61 Å². The molecule has 5 heteroatoms. The third-order valence-corrected chi connectivity index (χ3v) is 5.34.